The van der Waals surface area contributed by atoms with E-state index in [-0.39, 0.29) is 11.8 Å². The molecule has 0 radical (unpaired) electrons. The van der Waals surface area contributed by atoms with Gasteiger partial charge in [-0.15, -0.1) is 0 Å². The van der Waals surface area contributed by atoms with Gasteiger partial charge in [0.15, 0.2) is 11.5 Å². The second-order valence-corrected chi connectivity index (χ2v) is 9.81. The standard InChI is InChI=1S/C28H25N9O/c1-16-14-37(15-31-16)23-8-4-7-22-25(23)34-27(33-22)24-21-10-19(12-30-26(21)36-35-24)18-9-20(13-29-11-18)32-28(38)17-5-2-3-6-17/h4,7-15,17H,2-3,5-6H2,1H3,(H,32,38)(H,33,34)(H,30,35,36). The highest BCUT2D eigenvalue weighted by Crippen LogP contribution is 2.31. The van der Waals surface area contributed by atoms with E-state index in [0.29, 0.717) is 17.2 Å². The molecular formula is C28H25N9O. The SMILES string of the molecule is Cc1cn(-c2cccc3[nH]c(-c4[nH]nc5ncc(-c6cncc(NC(=O)C7CCCC7)c6)cc45)nc23)cn1. The lowest BCUT2D eigenvalue weighted by atomic mass is 10.1. The normalized spacial score (nSPS) is 14.0. The zero-order chi connectivity index (χ0) is 25.6. The first kappa shape index (κ1) is 22.3. The monoisotopic (exact) mass is 503 g/mol. The summed E-state index contributed by atoms with van der Waals surface area (Å²) >= 11 is 0. The van der Waals surface area contributed by atoms with Gasteiger partial charge in [-0.05, 0) is 44.0 Å². The minimum absolute atomic E-state index is 0.0715. The molecule has 10 nitrogen and oxygen atoms in total. The van der Waals surface area contributed by atoms with Crippen LogP contribution in [0.2, 0.25) is 0 Å². The molecule has 1 saturated carbocycles. The number of amides is 1. The third-order valence-electron chi connectivity index (χ3n) is 7.19. The highest BCUT2D eigenvalue weighted by Gasteiger charge is 2.23. The van der Waals surface area contributed by atoms with E-state index in [2.05, 4.69) is 35.5 Å². The smallest absolute Gasteiger partial charge is 0.227 e. The highest BCUT2D eigenvalue weighted by molar-refractivity contribution is 5.96. The van der Waals surface area contributed by atoms with Gasteiger partial charge in [-0.25, -0.2) is 15.0 Å². The molecule has 0 unspecified atom stereocenters. The van der Waals surface area contributed by atoms with E-state index in [0.717, 1.165) is 70.3 Å². The summed E-state index contributed by atoms with van der Waals surface area (Å²) in [6.07, 6.45) is 13.1. The van der Waals surface area contributed by atoms with Crippen LogP contribution in [0.25, 0.3) is 50.4 Å². The summed E-state index contributed by atoms with van der Waals surface area (Å²) in [4.78, 5) is 34.2. The number of para-hydroxylation sites is 1. The molecular weight excluding hydrogens is 478 g/mol. The van der Waals surface area contributed by atoms with Crippen molar-refractivity contribution in [3.63, 3.8) is 0 Å². The Kier molecular flexibility index (Phi) is 5.24. The predicted octanol–water partition coefficient (Wildman–Crippen LogP) is 5.19. The number of aromatic amines is 2. The van der Waals surface area contributed by atoms with Gasteiger partial charge in [-0.3, -0.25) is 14.9 Å². The summed E-state index contributed by atoms with van der Waals surface area (Å²) in [5.41, 5.74) is 7.38. The summed E-state index contributed by atoms with van der Waals surface area (Å²) in [7, 11) is 0. The van der Waals surface area contributed by atoms with Crippen molar-refractivity contribution >= 4 is 33.7 Å². The largest absolute Gasteiger partial charge is 0.337 e. The Labute approximate surface area is 217 Å². The van der Waals surface area contributed by atoms with E-state index in [9.17, 15) is 4.79 Å². The fraction of sp³-hybridized carbons (Fsp3) is 0.214. The number of nitrogens with one attached hydrogen (secondary N) is 3. The molecule has 0 bridgehead atoms. The third kappa shape index (κ3) is 3.90. The van der Waals surface area contributed by atoms with Gasteiger partial charge in [-0.2, -0.15) is 5.10 Å². The maximum atomic E-state index is 12.6. The predicted molar refractivity (Wildman–Crippen MR) is 145 cm³/mol. The third-order valence-corrected chi connectivity index (χ3v) is 7.19. The molecule has 5 heterocycles. The lowest BCUT2D eigenvalue weighted by molar-refractivity contribution is -0.119. The van der Waals surface area contributed by atoms with E-state index in [4.69, 9.17) is 4.98 Å². The van der Waals surface area contributed by atoms with Gasteiger partial charge in [-0.1, -0.05) is 18.9 Å². The van der Waals surface area contributed by atoms with Crippen LogP contribution in [-0.2, 0) is 4.79 Å². The topological polar surface area (TPSA) is 130 Å². The van der Waals surface area contributed by atoms with Crippen LogP contribution >= 0.6 is 0 Å². The van der Waals surface area contributed by atoms with Gasteiger partial charge in [0.1, 0.15) is 11.2 Å². The number of H-pyrrole nitrogens is 2. The lowest BCUT2D eigenvalue weighted by Crippen LogP contribution is -2.20. The molecule has 7 rings (SSSR count). The Morgan fingerprint density at radius 1 is 1.08 bits per heavy atom. The second kappa shape index (κ2) is 8.91. The molecule has 1 aliphatic rings. The summed E-state index contributed by atoms with van der Waals surface area (Å²) < 4.78 is 1.97. The number of fused-ring (bicyclic) bond motifs is 2. The Morgan fingerprint density at radius 2 is 1.95 bits per heavy atom. The maximum absolute atomic E-state index is 12.6. The molecule has 1 fully saturated rings. The summed E-state index contributed by atoms with van der Waals surface area (Å²) in [6.45, 7) is 1.96. The van der Waals surface area contributed by atoms with E-state index < -0.39 is 0 Å². The molecule has 3 N–H and O–H groups in total. The van der Waals surface area contributed by atoms with Gasteiger partial charge in [0.05, 0.1) is 40.5 Å². The molecule has 0 aliphatic heterocycles. The van der Waals surface area contributed by atoms with Crippen LogP contribution in [0.3, 0.4) is 0 Å². The summed E-state index contributed by atoms with van der Waals surface area (Å²) in [5, 5.41) is 11.4. The number of hydrogen-bond donors (Lipinski definition) is 3. The van der Waals surface area contributed by atoms with Gasteiger partial charge in [0.2, 0.25) is 5.91 Å². The van der Waals surface area contributed by atoms with Crippen LogP contribution in [-0.4, -0.2) is 45.6 Å². The molecule has 10 heteroatoms. The number of benzene rings is 1. The van der Waals surface area contributed by atoms with Crippen LogP contribution in [0.1, 0.15) is 31.4 Å². The first-order valence-corrected chi connectivity index (χ1v) is 12.7. The summed E-state index contributed by atoms with van der Waals surface area (Å²) in [5.74, 6) is 0.830. The maximum Gasteiger partial charge on any atom is 0.227 e. The quantitative estimate of drug-likeness (QED) is 0.297. The molecule has 188 valence electrons. The van der Waals surface area contributed by atoms with E-state index in [1.54, 1.807) is 24.9 Å². The highest BCUT2D eigenvalue weighted by atomic mass is 16.1. The fourth-order valence-corrected chi connectivity index (χ4v) is 5.23. The van der Waals surface area contributed by atoms with Gasteiger partial charge in [0, 0.05) is 35.6 Å². The average molecular weight is 504 g/mol. The van der Waals surface area contributed by atoms with Crippen molar-refractivity contribution in [1.82, 2.24) is 39.7 Å². The van der Waals surface area contributed by atoms with Crippen molar-refractivity contribution < 1.29 is 4.79 Å². The number of anilines is 1. The number of nitrogens with zero attached hydrogens (tertiary/aromatic N) is 6. The van der Waals surface area contributed by atoms with Gasteiger partial charge in [0.25, 0.3) is 0 Å². The number of aromatic nitrogens is 8. The average Bonchev–Trinajstić information content (AvgIpc) is 3.74. The molecule has 1 amide bonds. The molecule has 6 aromatic rings. The fourth-order valence-electron chi connectivity index (χ4n) is 5.23. The van der Waals surface area contributed by atoms with Crippen LogP contribution in [0, 0.1) is 12.8 Å². The lowest BCUT2D eigenvalue weighted by Gasteiger charge is -2.11. The molecule has 0 spiro atoms. The Hall–Kier alpha value is -4.86. The van der Waals surface area contributed by atoms with E-state index >= 15 is 0 Å². The van der Waals surface area contributed by atoms with Crippen molar-refractivity contribution in [1.29, 1.82) is 0 Å². The molecule has 1 aromatic carbocycles. The molecule has 38 heavy (non-hydrogen) atoms. The minimum Gasteiger partial charge on any atom is -0.337 e. The van der Waals surface area contributed by atoms with Gasteiger partial charge < -0.3 is 14.9 Å². The molecule has 0 saturated heterocycles. The van der Waals surface area contributed by atoms with Crippen molar-refractivity contribution in [2.24, 2.45) is 5.92 Å². The number of carbonyl (C=O) groups excluding carboxylic acids is 1. The van der Waals surface area contributed by atoms with Crippen molar-refractivity contribution in [2.75, 3.05) is 5.32 Å². The van der Waals surface area contributed by atoms with E-state index in [1.165, 1.54) is 0 Å². The zero-order valence-electron chi connectivity index (χ0n) is 20.8. The Morgan fingerprint density at radius 3 is 2.79 bits per heavy atom. The van der Waals surface area contributed by atoms with Crippen LogP contribution in [0.5, 0.6) is 0 Å². The zero-order valence-corrected chi connectivity index (χ0v) is 20.8. The van der Waals surface area contributed by atoms with Crippen molar-refractivity contribution in [3.8, 4) is 28.3 Å². The number of aryl methyl sites for hydroxylation is 1. The van der Waals surface area contributed by atoms with E-state index in [1.807, 2.05) is 48.0 Å². The van der Waals surface area contributed by atoms with Crippen molar-refractivity contribution in [2.45, 2.75) is 32.6 Å². The molecule has 5 aromatic heterocycles. The Balaban J connectivity index is 1.24. The molecule has 0 atom stereocenters. The number of carbonyl (C=O) groups is 1. The number of pyridine rings is 2. The first-order chi connectivity index (χ1) is 18.6. The summed E-state index contributed by atoms with van der Waals surface area (Å²) in [6, 6.07) is 9.96. The molecule has 1 aliphatic carbocycles. The Bertz CT molecular complexity index is 1810. The minimum atomic E-state index is 0.0715. The number of hydrogen-bond acceptors (Lipinski definition) is 6. The number of imidazole rings is 2. The van der Waals surface area contributed by atoms with Crippen LogP contribution < -0.4 is 5.32 Å². The second-order valence-electron chi connectivity index (χ2n) is 9.81. The first-order valence-electron chi connectivity index (χ1n) is 12.7. The van der Waals surface area contributed by atoms with Crippen molar-refractivity contribution in [3.05, 3.63) is 67.1 Å². The van der Waals surface area contributed by atoms with Gasteiger partial charge >= 0.3 is 0 Å². The van der Waals surface area contributed by atoms with Crippen LogP contribution in [0.15, 0.2) is 61.4 Å². The van der Waals surface area contributed by atoms with Crippen LogP contribution in [0.4, 0.5) is 5.69 Å². The number of rotatable bonds is 5.